The van der Waals surface area contributed by atoms with Gasteiger partial charge in [-0.2, -0.15) is 17.7 Å². The summed E-state index contributed by atoms with van der Waals surface area (Å²) in [7, 11) is 0. The number of halogens is 2. The summed E-state index contributed by atoms with van der Waals surface area (Å²) in [4.78, 5) is 21.9. The van der Waals surface area contributed by atoms with Crippen LogP contribution in [0.3, 0.4) is 0 Å². The number of rotatable bonds is 3. The first-order valence-electron chi connectivity index (χ1n) is 11.6. The van der Waals surface area contributed by atoms with E-state index in [0.717, 1.165) is 30.5 Å². The number of aryl methyl sites for hydroxylation is 1. The Morgan fingerprint density at radius 3 is 2.71 bits per heavy atom. The molecule has 11 heteroatoms. The zero-order valence-electron chi connectivity index (χ0n) is 19.9. The maximum absolute atomic E-state index is 14.0. The molecule has 2 aromatic heterocycles. The fraction of sp³-hybridized carbons (Fsp3) is 0.458. The summed E-state index contributed by atoms with van der Waals surface area (Å²) in [5.41, 5.74) is 15.1. The van der Waals surface area contributed by atoms with Crippen LogP contribution in [0.4, 0.5) is 15.9 Å². The van der Waals surface area contributed by atoms with E-state index >= 15 is 0 Å². The Kier molecular flexibility index (Phi) is 7.73. The molecule has 2 fully saturated rings. The van der Waals surface area contributed by atoms with Gasteiger partial charge in [0.25, 0.3) is 5.91 Å². The molecule has 1 aromatic carbocycles. The average Bonchev–Trinajstić information content (AvgIpc) is 3.42. The van der Waals surface area contributed by atoms with Gasteiger partial charge >= 0.3 is 0 Å². The highest BCUT2D eigenvalue weighted by Crippen LogP contribution is 2.34. The monoisotopic (exact) mass is 519 g/mol. The van der Waals surface area contributed by atoms with Crippen LogP contribution in [0.15, 0.2) is 30.5 Å². The molecule has 0 saturated carbocycles. The zero-order chi connectivity index (χ0) is 25.3. The Bertz CT molecular complexity index is 1210. The third-order valence-corrected chi connectivity index (χ3v) is 6.80. The van der Waals surface area contributed by atoms with Crippen LogP contribution in [0.1, 0.15) is 46.9 Å². The average molecular weight is 520 g/mol. The highest BCUT2D eigenvalue weighted by Gasteiger charge is 2.33. The van der Waals surface area contributed by atoms with Gasteiger partial charge in [-0.15, -0.1) is 0 Å². The Balaban J connectivity index is 0.00000141. The summed E-state index contributed by atoms with van der Waals surface area (Å²) in [6, 6.07) is 6.15. The van der Waals surface area contributed by atoms with E-state index in [1.807, 2.05) is 29.0 Å². The fourth-order valence-electron chi connectivity index (χ4n) is 4.82. The van der Waals surface area contributed by atoms with Crippen LogP contribution < -0.4 is 16.4 Å². The number of fused-ring (bicyclic) bond motifs is 1. The Labute approximate surface area is 214 Å². The molecule has 8 nitrogen and oxygen atoms in total. The standard InChI is InChI=1S/C23H27ClFN7O.CH4S/c1-13-10-32-21(28-22(13)30-11-16(25)18(27)12-30)9-19(29-32)20-4-2-3-7-31(20)23(33)15-8-14(24)5-6-17(15)26;1-2/h5-6,8-10,16,18,20H,2-4,7,11-12,26-27H2,1H3;2H,1H3. The van der Waals surface area contributed by atoms with Crippen LogP contribution in [0.25, 0.3) is 5.65 Å². The molecule has 188 valence electrons. The minimum absolute atomic E-state index is 0.151. The van der Waals surface area contributed by atoms with E-state index in [1.54, 1.807) is 29.0 Å². The lowest BCUT2D eigenvalue weighted by atomic mass is 9.98. The predicted octanol–water partition coefficient (Wildman–Crippen LogP) is 3.67. The molecule has 0 bridgehead atoms. The number of hydrogen-bond donors (Lipinski definition) is 3. The molecule has 3 unspecified atom stereocenters. The molecular formula is C24H31ClFN7OS. The van der Waals surface area contributed by atoms with Crippen LogP contribution in [0.5, 0.6) is 0 Å². The smallest absolute Gasteiger partial charge is 0.256 e. The maximum Gasteiger partial charge on any atom is 0.256 e. The van der Waals surface area contributed by atoms with Crippen molar-refractivity contribution in [2.24, 2.45) is 5.73 Å². The molecule has 1 amide bonds. The molecule has 3 atom stereocenters. The molecule has 5 rings (SSSR count). The molecule has 2 saturated heterocycles. The quantitative estimate of drug-likeness (QED) is 0.360. The number of nitrogens with zero attached hydrogens (tertiary/aromatic N) is 5. The molecule has 4 heterocycles. The van der Waals surface area contributed by atoms with E-state index in [-0.39, 0.29) is 18.5 Å². The second-order valence-corrected chi connectivity index (χ2v) is 9.38. The lowest BCUT2D eigenvalue weighted by Gasteiger charge is -2.35. The van der Waals surface area contributed by atoms with E-state index in [1.165, 1.54) is 0 Å². The van der Waals surface area contributed by atoms with Gasteiger partial charge in [0.1, 0.15) is 12.0 Å². The zero-order valence-corrected chi connectivity index (χ0v) is 21.5. The summed E-state index contributed by atoms with van der Waals surface area (Å²) < 4.78 is 15.7. The number of piperidine rings is 1. The van der Waals surface area contributed by atoms with Crippen LogP contribution in [-0.2, 0) is 0 Å². The number of benzene rings is 1. The van der Waals surface area contributed by atoms with Crippen molar-refractivity contribution < 1.29 is 9.18 Å². The highest BCUT2D eigenvalue weighted by atomic mass is 35.5. The van der Waals surface area contributed by atoms with Gasteiger partial charge in [-0.3, -0.25) is 4.79 Å². The molecule has 3 aromatic rings. The number of alkyl halides is 1. The maximum atomic E-state index is 14.0. The Hall–Kier alpha value is -2.56. The van der Waals surface area contributed by atoms with Gasteiger partial charge in [-0.1, -0.05) is 11.6 Å². The molecule has 0 radical (unpaired) electrons. The molecule has 0 spiro atoms. The van der Waals surface area contributed by atoms with Crippen molar-refractivity contribution in [1.29, 1.82) is 0 Å². The van der Waals surface area contributed by atoms with Gasteiger partial charge in [-0.25, -0.2) is 13.9 Å². The fourth-order valence-corrected chi connectivity index (χ4v) is 4.99. The minimum atomic E-state index is -1.07. The van der Waals surface area contributed by atoms with E-state index in [4.69, 9.17) is 33.2 Å². The first-order chi connectivity index (χ1) is 16.8. The SMILES string of the molecule is CS.Cc1cn2nc(C3CCCCN3C(=O)c3cc(Cl)ccc3N)cc2nc1N1CC(N)C(F)C1. The minimum Gasteiger partial charge on any atom is -0.398 e. The number of nitrogens with two attached hydrogens (primary N) is 2. The van der Waals surface area contributed by atoms with Crippen molar-refractivity contribution in [3.8, 4) is 0 Å². The second-order valence-electron chi connectivity index (χ2n) is 8.95. The van der Waals surface area contributed by atoms with Crippen LogP contribution in [-0.4, -0.2) is 63.5 Å². The summed E-state index contributed by atoms with van der Waals surface area (Å²) in [5, 5.41) is 5.22. The van der Waals surface area contributed by atoms with Crippen molar-refractivity contribution in [3.63, 3.8) is 0 Å². The number of hydrogen-bond acceptors (Lipinski definition) is 7. The van der Waals surface area contributed by atoms with Crippen molar-refractivity contribution >= 4 is 47.3 Å². The Morgan fingerprint density at radius 1 is 1.23 bits per heavy atom. The molecule has 4 N–H and O–H groups in total. The van der Waals surface area contributed by atoms with E-state index < -0.39 is 12.2 Å². The van der Waals surface area contributed by atoms with Crippen molar-refractivity contribution in [2.45, 2.75) is 44.4 Å². The number of aromatic nitrogens is 3. The number of carbonyl (C=O) groups is 1. The summed E-state index contributed by atoms with van der Waals surface area (Å²) in [6.07, 6.45) is 5.23. The molecule has 2 aliphatic rings. The van der Waals surface area contributed by atoms with E-state index in [2.05, 4.69) is 12.6 Å². The number of thiol groups is 1. The first kappa shape index (κ1) is 25.5. The van der Waals surface area contributed by atoms with Crippen LogP contribution in [0.2, 0.25) is 5.02 Å². The van der Waals surface area contributed by atoms with Gasteiger partial charge in [0, 0.05) is 41.6 Å². The van der Waals surface area contributed by atoms with Crippen molar-refractivity contribution in [2.75, 3.05) is 36.5 Å². The second kappa shape index (κ2) is 10.6. The highest BCUT2D eigenvalue weighted by molar-refractivity contribution is 7.79. The summed E-state index contributed by atoms with van der Waals surface area (Å²) >= 11 is 9.65. The number of likely N-dealkylation sites (tertiary alicyclic amines) is 1. The predicted molar refractivity (Wildman–Crippen MR) is 141 cm³/mol. The van der Waals surface area contributed by atoms with E-state index in [0.29, 0.717) is 40.8 Å². The van der Waals surface area contributed by atoms with Crippen molar-refractivity contribution in [1.82, 2.24) is 19.5 Å². The van der Waals surface area contributed by atoms with Gasteiger partial charge in [0.15, 0.2) is 5.65 Å². The summed E-state index contributed by atoms with van der Waals surface area (Å²) in [5.74, 6) is 0.564. The lowest BCUT2D eigenvalue weighted by molar-refractivity contribution is 0.0607. The molecular weight excluding hydrogens is 489 g/mol. The number of amides is 1. The van der Waals surface area contributed by atoms with E-state index in [9.17, 15) is 9.18 Å². The number of carbonyl (C=O) groups excluding carboxylic acids is 1. The van der Waals surface area contributed by atoms with Crippen LogP contribution in [0, 0.1) is 6.92 Å². The van der Waals surface area contributed by atoms with Crippen molar-refractivity contribution in [3.05, 3.63) is 52.3 Å². The van der Waals surface area contributed by atoms with Gasteiger partial charge in [0.2, 0.25) is 0 Å². The Morgan fingerprint density at radius 2 is 2.00 bits per heavy atom. The van der Waals surface area contributed by atoms with Gasteiger partial charge in [0.05, 0.1) is 29.9 Å². The van der Waals surface area contributed by atoms with Gasteiger partial charge in [-0.05, 0) is 50.6 Å². The lowest BCUT2D eigenvalue weighted by Crippen LogP contribution is -2.39. The topological polar surface area (TPSA) is 106 Å². The third kappa shape index (κ3) is 5.05. The third-order valence-electron chi connectivity index (χ3n) is 6.56. The number of nitrogen functional groups attached to an aromatic ring is 1. The normalized spacial score (nSPS) is 22.3. The number of anilines is 2. The molecule has 0 aliphatic carbocycles. The summed E-state index contributed by atoms with van der Waals surface area (Å²) in [6.45, 7) is 3.21. The molecule has 35 heavy (non-hydrogen) atoms. The van der Waals surface area contributed by atoms with Crippen LogP contribution >= 0.6 is 24.2 Å². The largest absolute Gasteiger partial charge is 0.398 e. The molecule has 2 aliphatic heterocycles. The van der Waals surface area contributed by atoms with Gasteiger partial charge < -0.3 is 21.3 Å². The first-order valence-corrected chi connectivity index (χ1v) is 12.9.